The number of para-hydroxylation sites is 2. The molecule has 10 rings (SSSR count). The van der Waals surface area contributed by atoms with Gasteiger partial charge < -0.3 is 0 Å². The zero-order valence-corrected chi connectivity index (χ0v) is 25.6. The quantitative estimate of drug-likeness (QED) is 0.201. The summed E-state index contributed by atoms with van der Waals surface area (Å²) in [4.78, 5) is 10.9. The van der Waals surface area contributed by atoms with Crippen molar-refractivity contribution in [3.63, 3.8) is 0 Å². The van der Waals surface area contributed by atoms with Crippen molar-refractivity contribution >= 4 is 54.3 Å². The number of hydrogen-bond donors (Lipinski definition) is 0. The zero-order chi connectivity index (χ0) is 30.6. The lowest BCUT2D eigenvalue weighted by molar-refractivity contribution is 0.664. The monoisotopic (exact) mass is 587 g/mol. The molecule has 1 aliphatic carbocycles. The third-order valence-electron chi connectivity index (χ3n) is 10.2. The Labute approximate surface area is 266 Å². The molecule has 3 nitrogen and oxygen atoms in total. The molecular weight excluding hydrogens is 558 g/mol. The SMILES string of the molecule is CC1(C)c2ccccc2-c2c1c1c(c3ccccc23)c2ccccc2n1-c1nc(-c2cccc3ccccc23)c2ccccc2n1. The summed E-state index contributed by atoms with van der Waals surface area (Å²) in [5.41, 5.74) is 10.4. The number of benzene rings is 7. The van der Waals surface area contributed by atoms with E-state index in [1.807, 2.05) is 0 Å². The van der Waals surface area contributed by atoms with Gasteiger partial charge in [0.1, 0.15) is 0 Å². The first-order valence-electron chi connectivity index (χ1n) is 15.9. The number of aromatic nitrogens is 3. The Balaban J connectivity index is 1.42. The Morgan fingerprint density at radius 2 is 1.15 bits per heavy atom. The van der Waals surface area contributed by atoms with Crippen molar-refractivity contribution in [1.29, 1.82) is 0 Å². The Bertz CT molecular complexity index is 2720. The lowest BCUT2D eigenvalue weighted by Gasteiger charge is -2.24. The van der Waals surface area contributed by atoms with Crippen molar-refractivity contribution in [2.75, 3.05) is 0 Å². The molecule has 0 spiro atoms. The van der Waals surface area contributed by atoms with Crippen LogP contribution in [0.1, 0.15) is 25.0 Å². The van der Waals surface area contributed by atoms with E-state index in [4.69, 9.17) is 9.97 Å². The third kappa shape index (κ3) is 3.27. The summed E-state index contributed by atoms with van der Waals surface area (Å²) < 4.78 is 2.35. The normalized spacial score (nSPS) is 13.6. The fraction of sp³-hybridized carbons (Fsp3) is 0.0698. The molecule has 7 aromatic carbocycles. The van der Waals surface area contributed by atoms with Crippen LogP contribution in [-0.2, 0) is 5.41 Å². The van der Waals surface area contributed by atoms with Gasteiger partial charge in [0.05, 0.1) is 22.2 Å². The molecule has 1 aliphatic rings. The van der Waals surface area contributed by atoms with Crippen LogP contribution in [0.3, 0.4) is 0 Å². The topological polar surface area (TPSA) is 30.7 Å². The summed E-state index contributed by atoms with van der Waals surface area (Å²) >= 11 is 0. The van der Waals surface area contributed by atoms with E-state index in [0.29, 0.717) is 5.95 Å². The standard InChI is InChI=1S/C43H29N3/c1-43(2)34-23-10-7-19-31(34)37-28-17-5-6-18-29(28)38-33-21-9-12-25-36(33)46(41(38)39(37)43)42-44-35-24-11-8-20-32(35)40(45-42)30-22-13-15-26-14-3-4-16-27(26)30/h3-25H,1-2H3. The van der Waals surface area contributed by atoms with Gasteiger partial charge in [0.2, 0.25) is 5.95 Å². The molecule has 0 N–H and O–H groups in total. The van der Waals surface area contributed by atoms with Crippen LogP contribution >= 0.6 is 0 Å². The van der Waals surface area contributed by atoms with Crippen molar-refractivity contribution in [2.45, 2.75) is 19.3 Å². The van der Waals surface area contributed by atoms with Crippen molar-refractivity contribution in [1.82, 2.24) is 14.5 Å². The van der Waals surface area contributed by atoms with Gasteiger partial charge in [-0.25, -0.2) is 9.97 Å². The van der Waals surface area contributed by atoms with E-state index in [-0.39, 0.29) is 5.41 Å². The fourth-order valence-electron chi connectivity index (χ4n) is 8.20. The van der Waals surface area contributed by atoms with Gasteiger partial charge in [0.15, 0.2) is 0 Å². The average molecular weight is 588 g/mol. The zero-order valence-electron chi connectivity index (χ0n) is 25.6. The van der Waals surface area contributed by atoms with Gasteiger partial charge in [0, 0.05) is 27.1 Å². The number of fused-ring (bicyclic) bond motifs is 12. The van der Waals surface area contributed by atoms with Crippen LogP contribution in [0.5, 0.6) is 0 Å². The van der Waals surface area contributed by atoms with E-state index < -0.39 is 0 Å². The minimum absolute atomic E-state index is 0.227. The van der Waals surface area contributed by atoms with E-state index >= 15 is 0 Å². The lowest BCUT2D eigenvalue weighted by atomic mass is 9.80. The average Bonchev–Trinajstić information content (AvgIpc) is 3.57. The van der Waals surface area contributed by atoms with Gasteiger partial charge in [-0.3, -0.25) is 4.57 Å². The fourth-order valence-corrected chi connectivity index (χ4v) is 8.20. The Kier molecular flexibility index (Phi) is 5.06. The molecule has 216 valence electrons. The largest absolute Gasteiger partial charge is 0.278 e. The van der Waals surface area contributed by atoms with Crippen molar-refractivity contribution in [2.24, 2.45) is 0 Å². The van der Waals surface area contributed by atoms with Crippen LogP contribution in [0.25, 0.3) is 82.6 Å². The molecule has 3 heteroatoms. The first-order valence-corrected chi connectivity index (χ1v) is 15.9. The highest BCUT2D eigenvalue weighted by atomic mass is 15.2. The maximum atomic E-state index is 5.52. The molecule has 0 saturated carbocycles. The smallest absolute Gasteiger partial charge is 0.235 e. The second-order valence-corrected chi connectivity index (χ2v) is 13.0. The number of nitrogens with zero attached hydrogens (tertiary/aromatic N) is 3. The molecule has 9 aromatic rings. The van der Waals surface area contributed by atoms with Crippen LogP contribution in [0.4, 0.5) is 0 Å². The molecule has 0 saturated heterocycles. The van der Waals surface area contributed by atoms with Crippen LogP contribution in [0.15, 0.2) is 140 Å². The highest BCUT2D eigenvalue weighted by Gasteiger charge is 2.40. The Morgan fingerprint density at radius 3 is 2.02 bits per heavy atom. The van der Waals surface area contributed by atoms with Crippen LogP contribution in [-0.4, -0.2) is 14.5 Å². The van der Waals surface area contributed by atoms with Crippen LogP contribution in [0, 0.1) is 0 Å². The molecule has 0 amide bonds. The van der Waals surface area contributed by atoms with E-state index in [1.165, 1.54) is 60.1 Å². The molecule has 0 radical (unpaired) electrons. The Hall–Kier alpha value is -5.80. The van der Waals surface area contributed by atoms with Gasteiger partial charge in [-0.05, 0) is 55.9 Å². The van der Waals surface area contributed by atoms with Gasteiger partial charge in [-0.2, -0.15) is 0 Å². The molecule has 0 aliphatic heterocycles. The van der Waals surface area contributed by atoms with E-state index in [2.05, 4.69) is 158 Å². The highest BCUT2D eigenvalue weighted by Crippen LogP contribution is 2.56. The molecule has 46 heavy (non-hydrogen) atoms. The Morgan fingerprint density at radius 1 is 0.522 bits per heavy atom. The van der Waals surface area contributed by atoms with Gasteiger partial charge in [-0.1, -0.05) is 141 Å². The van der Waals surface area contributed by atoms with E-state index in [9.17, 15) is 0 Å². The first kappa shape index (κ1) is 25.5. The van der Waals surface area contributed by atoms with Gasteiger partial charge >= 0.3 is 0 Å². The molecule has 0 unspecified atom stereocenters. The molecule has 0 bridgehead atoms. The summed E-state index contributed by atoms with van der Waals surface area (Å²) in [5, 5.41) is 8.46. The minimum atomic E-state index is -0.227. The van der Waals surface area contributed by atoms with Crippen LogP contribution in [0.2, 0.25) is 0 Å². The van der Waals surface area contributed by atoms with E-state index in [1.54, 1.807) is 0 Å². The molecule has 2 heterocycles. The predicted octanol–water partition coefficient (Wildman–Crippen LogP) is 11.0. The van der Waals surface area contributed by atoms with Gasteiger partial charge in [0.25, 0.3) is 0 Å². The second-order valence-electron chi connectivity index (χ2n) is 13.0. The summed E-state index contributed by atoms with van der Waals surface area (Å²) in [5.74, 6) is 0.692. The third-order valence-corrected chi connectivity index (χ3v) is 10.2. The molecule has 0 fully saturated rings. The second kappa shape index (κ2) is 9.12. The number of hydrogen-bond acceptors (Lipinski definition) is 2. The highest BCUT2D eigenvalue weighted by molar-refractivity contribution is 6.27. The van der Waals surface area contributed by atoms with Gasteiger partial charge in [-0.15, -0.1) is 0 Å². The van der Waals surface area contributed by atoms with Crippen molar-refractivity contribution in [3.05, 3.63) is 151 Å². The number of rotatable bonds is 2. The molecule has 0 atom stereocenters. The summed E-state index contributed by atoms with van der Waals surface area (Å²) in [6.45, 7) is 4.74. The lowest BCUT2D eigenvalue weighted by Crippen LogP contribution is -2.17. The first-order chi connectivity index (χ1) is 22.6. The maximum Gasteiger partial charge on any atom is 0.235 e. The van der Waals surface area contributed by atoms with Crippen molar-refractivity contribution < 1.29 is 0 Å². The van der Waals surface area contributed by atoms with Crippen LogP contribution < -0.4 is 0 Å². The maximum absolute atomic E-state index is 5.52. The summed E-state index contributed by atoms with van der Waals surface area (Å²) in [7, 11) is 0. The summed E-state index contributed by atoms with van der Waals surface area (Å²) in [6, 6.07) is 50.1. The predicted molar refractivity (Wildman–Crippen MR) is 192 cm³/mol. The van der Waals surface area contributed by atoms with Crippen molar-refractivity contribution in [3.8, 4) is 28.3 Å². The molecule has 2 aromatic heterocycles. The minimum Gasteiger partial charge on any atom is -0.278 e. The summed E-state index contributed by atoms with van der Waals surface area (Å²) in [6.07, 6.45) is 0. The van der Waals surface area contributed by atoms with E-state index in [0.717, 1.165) is 27.7 Å². The molecular formula is C43H29N3.